The molecule has 0 aliphatic rings. The first-order valence-corrected chi connectivity index (χ1v) is 12.7. The van der Waals surface area contributed by atoms with Crippen LogP contribution in [0.1, 0.15) is 40.2 Å². The molecule has 0 aliphatic heterocycles. The van der Waals surface area contributed by atoms with E-state index in [0.29, 0.717) is 34.7 Å². The lowest BCUT2D eigenvalue weighted by Crippen LogP contribution is -2.28. The molecule has 0 radical (unpaired) electrons. The number of nitrogens with two attached hydrogens (primary N) is 1. The molecule has 0 aliphatic carbocycles. The van der Waals surface area contributed by atoms with Gasteiger partial charge in [0, 0.05) is 17.6 Å². The Labute approximate surface area is 216 Å². The second-order valence-corrected chi connectivity index (χ2v) is 9.16. The average molecular weight is 525 g/mol. The van der Waals surface area contributed by atoms with Gasteiger partial charge in [0.05, 0.1) is 10.7 Å². The van der Waals surface area contributed by atoms with Crippen molar-refractivity contribution < 1.29 is 9.90 Å². The highest BCUT2D eigenvalue weighted by molar-refractivity contribution is 7.98. The lowest BCUT2D eigenvalue weighted by atomic mass is 10.0. The Morgan fingerprint density at radius 3 is 2.69 bits per heavy atom. The monoisotopic (exact) mass is 524 g/mol. The predicted octanol–water partition coefficient (Wildman–Crippen LogP) is 3.62. The van der Waals surface area contributed by atoms with Gasteiger partial charge in [-0.1, -0.05) is 59.8 Å². The van der Waals surface area contributed by atoms with Gasteiger partial charge in [0.1, 0.15) is 17.4 Å². The Morgan fingerprint density at radius 2 is 1.97 bits per heavy atom. The highest BCUT2D eigenvalue weighted by Gasteiger charge is 2.19. The summed E-state index contributed by atoms with van der Waals surface area (Å²) < 4.78 is 0. The van der Waals surface area contributed by atoms with Gasteiger partial charge in [-0.15, -0.1) is 0 Å². The molecule has 2 aromatic heterocycles. The molecule has 186 valence electrons. The number of hydrogen-bond acceptors (Lipinski definition) is 8. The maximum atomic E-state index is 13.0. The molecular weight excluding hydrogens is 500 g/mol. The number of rotatable bonds is 9. The van der Waals surface area contributed by atoms with Crippen molar-refractivity contribution in [3.8, 4) is 0 Å². The van der Waals surface area contributed by atoms with Gasteiger partial charge in [0.15, 0.2) is 5.16 Å². The summed E-state index contributed by atoms with van der Waals surface area (Å²) in [5.74, 6) is -0.654. The first kappa shape index (κ1) is 25.8. The smallest absolute Gasteiger partial charge is 0.262 e. The number of aromatic amines is 1. The van der Waals surface area contributed by atoms with Gasteiger partial charge in [-0.3, -0.25) is 14.9 Å². The number of hydrogen-bond donors (Lipinski definition) is 5. The molecule has 36 heavy (non-hydrogen) atoms. The number of thioether (sulfide) groups is 1. The largest absolute Gasteiger partial charge is 0.374 e. The molecule has 0 saturated heterocycles. The van der Waals surface area contributed by atoms with E-state index in [1.54, 1.807) is 24.4 Å². The summed E-state index contributed by atoms with van der Waals surface area (Å²) in [7, 11) is 0. The number of pyridine rings is 1. The van der Waals surface area contributed by atoms with Crippen molar-refractivity contribution in [3.63, 3.8) is 0 Å². The summed E-state index contributed by atoms with van der Waals surface area (Å²) in [6.45, 7) is 0.436. The minimum Gasteiger partial charge on any atom is -0.374 e. The normalized spacial score (nSPS) is 12.9. The first-order valence-electron chi connectivity index (χ1n) is 11.1. The molecule has 2 heterocycles. The lowest BCUT2D eigenvalue weighted by Gasteiger charge is -2.23. The van der Waals surface area contributed by atoms with Crippen LogP contribution in [0.4, 0.5) is 5.69 Å². The van der Waals surface area contributed by atoms with Gasteiger partial charge in [0.2, 0.25) is 0 Å². The van der Waals surface area contributed by atoms with Crippen molar-refractivity contribution in [1.29, 1.82) is 0 Å². The second kappa shape index (κ2) is 11.6. The lowest BCUT2D eigenvalue weighted by molar-refractivity contribution is 0.102. The number of aliphatic hydroxyl groups excluding tert-OH is 1. The van der Waals surface area contributed by atoms with E-state index >= 15 is 0 Å². The molecule has 9 nitrogen and oxygen atoms in total. The van der Waals surface area contributed by atoms with Gasteiger partial charge in [-0.05, 0) is 48.5 Å². The van der Waals surface area contributed by atoms with E-state index in [4.69, 9.17) is 17.3 Å². The number of anilines is 1. The van der Waals surface area contributed by atoms with Gasteiger partial charge in [0.25, 0.3) is 11.5 Å². The quantitative estimate of drug-likeness (QED) is 0.127. The number of fused-ring (bicyclic) bond motifs is 1. The molecule has 11 heteroatoms. The van der Waals surface area contributed by atoms with Crippen molar-refractivity contribution in [2.45, 2.75) is 23.8 Å². The van der Waals surface area contributed by atoms with Crippen LogP contribution in [0.3, 0.4) is 0 Å². The van der Waals surface area contributed by atoms with Crippen LogP contribution in [0, 0.1) is 0 Å². The summed E-state index contributed by atoms with van der Waals surface area (Å²) in [5.41, 5.74) is 7.14. The van der Waals surface area contributed by atoms with Crippen LogP contribution in [0.5, 0.6) is 0 Å². The topological polar surface area (TPSA) is 146 Å². The molecular formula is C25H25ClN6O3S. The number of benzene rings is 2. The summed E-state index contributed by atoms with van der Waals surface area (Å²) in [6.07, 6.45) is 2.93. The van der Waals surface area contributed by atoms with E-state index < -0.39 is 17.7 Å². The Balaban J connectivity index is 1.55. The second-order valence-electron chi connectivity index (χ2n) is 7.98. The zero-order valence-electron chi connectivity index (χ0n) is 19.4. The number of carbonyl (C=O) groups excluding carboxylic acids is 1. The van der Waals surface area contributed by atoms with E-state index in [1.807, 2.05) is 36.6 Å². The fourth-order valence-corrected chi connectivity index (χ4v) is 4.23. The number of H-pyrrole nitrogens is 1. The molecule has 0 saturated carbocycles. The molecule has 2 unspecified atom stereocenters. The molecule has 0 bridgehead atoms. The van der Waals surface area contributed by atoms with Gasteiger partial charge >= 0.3 is 0 Å². The van der Waals surface area contributed by atoms with E-state index in [9.17, 15) is 14.7 Å². The fraction of sp³-hybridized carbons (Fsp3) is 0.200. The number of carbonyl (C=O) groups is 1. The molecule has 1 amide bonds. The van der Waals surface area contributed by atoms with Crippen molar-refractivity contribution in [3.05, 3.63) is 92.9 Å². The van der Waals surface area contributed by atoms with E-state index in [0.717, 1.165) is 5.56 Å². The minimum atomic E-state index is -1.05. The zero-order chi connectivity index (χ0) is 25.7. The van der Waals surface area contributed by atoms with E-state index in [1.165, 1.54) is 17.8 Å². The molecule has 6 N–H and O–H groups in total. The Morgan fingerprint density at radius 1 is 1.19 bits per heavy atom. The molecule has 0 fully saturated rings. The van der Waals surface area contributed by atoms with Crippen LogP contribution in [-0.2, 0) is 0 Å². The third kappa shape index (κ3) is 5.92. The third-order valence-corrected chi connectivity index (χ3v) is 6.46. The number of nitrogens with zero attached hydrogens (tertiary/aromatic N) is 2. The highest BCUT2D eigenvalue weighted by Crippen LogP contribution is 2.28. The molecule has 0 spiro atoms. The Bertz CT molecular complexity index is 1430. The van der Waals surface area contributed by atoms with Gasteiger partial charge in [-0.2, -0.15) is 0 Å². The summed E-state index contributed by atoms with van der Waals surface area (Å²) in [6, 6.07) is 15.7. The van der Waals surface area contributed by atoms with E-state index in [2.05, 4.69) is 25.6 Å². The predicted molar refractivity (Wildman–Crippen MR) is 142 cm³/mol. The van der Waals surface area contributed by atoms with Crippen molar-refractivity contribution in [2.75, 3.05) is 18.1 Å². The Hall–Kier alpha value is -3.28. The highest BCUT2D eigenvalue weighted by atomic mass is 35.5. The fourth-order valence-electron chi connectivity index (χ4n) is 3.73. The maximum Gasteiger partial charge on any atom is 0.262 e. The minimum absolute atomic E-state index is 0.116. The van der Waals surface area contributed by atoms with Crippen LogP contribution in [0.25, 0.3) is 11.0 Å². The number of halogens is 1. The van der Waals surface area contributed by atoms with Crippen LogP contribution < -0.4 is 21.9 Å². The van der Waals surface area contributed by atoms with Crippen molar-refractivity contribution >= 4 is 46.0 Å². The molecule has 4 aromatic rings. The molecule has 4 rings (SSSR count). The molecule has 2 aromatic carbocycles. The van der Waals surface area contributed by atoms with Gasteiger partial charge < -0.3 is 21.1 Å². The Kier molecular flexibility index (Phi) is 8.34. The van der Waals surface area contributed by atoms with Gasteiger partial charge in [-0.25, -0.2) is 9.97 Å². The van der Waals surface area contributed by atoms with Crippen LogP contribution in [0.15, 0.2) is 70.7 Å². The summed E-state index contributed by atoms with van der Waals surface area (Å²) in [5, 5.41) is 18.0. The van der Waals surface area contributed by atoms with Crippen molar-refractivity contribution in [1.82, 2.24) is 20.3 Å². The zero-order valence-corrected chi connectivity index (χ0v) is 20.9. The summed E-state index contributed by atoms with van der Waals surface area (Å²) >= 11 is 7.65. The number of amides is 1. The van der Waals surface area contributed by atoms with Crippen LogP contribution >= 0.6 is 23.4 Å². The number of aromatic nitrogens is 3. The first-order chi connectivity index (χ1) is 17.4. The third-order valence-electron chi connectivity index (χ3n) is 5.57. The maximum absolute atomic E-state index is 13.0. The van der Waals surface area contributed by atoms with Crippen molar-refractivity contribution in [2.24, 2.45) is 5.73 Å². The van der Waals surface area contributed by atoms with E-state index in [-0.39, 0.29) is 22.3 Å². The number of nitrogens with one attached hydrogen (secondary N) is 3. The summed E-state index contributed by atoms with van der Waals surface area (Å²) in [4.78, 5) is 36.6. The van der Waals surface area contributed by atoms with Crippen LogP contribution in [0.2, 0.25) is 5.02 Å². The average Bonchev–Trinajstić information content (AvgIpc) is 2.89. The SMILES string of the molecule is CSc1ncc2cc(C(=O)Nc3cc(C(O)NC(CCN)c4ccccc4)ccc3Cl)c(=O)[nH]c2n1. The standard InChI is InChI=1S/C25H25ClN6O3S/c1-36-25-28-13-16-11-17(24(35)31-21(16)32-25)23(34)30-20-12-15(7-8-18(20)26)22(33)29-19(9-10-27)14-5-3-2-4-6-14/h2-8,11-13,19,22,29,33H,9-10,27H2,1H3,(H,30,34)(H,28,31,32,35). The number of aliphatic hydroxyl groups is 1. The molecule has 2 atom stereocenters. The van der Waals surface area contributed by atoms with Crippen LogP contribution in [-0.4, -0.2) is 38.8 Å².